The molecule has 3 nitrogen and oxygen atoms in total. The summed E-state index contributed by atoms with van der Waals surface area (Å²) in [5.41, 5.74) is 0. The number of hydrogen-bond acceptors (Lipinski definition) is 2. The van der Waals surface area contributed by atoms with Crippen LogP contribution in [0.5, 0.6) is 0 Å². The van der Waals surface area contributed by atoms with Gasteiger partial charge < -0.3 is 0 Å². The molecule has 0 heterocycles. The van der Waals surface area contributed by atoms with E-state index in [-0.39, 0.29) is 15.9 Å². The smallest absolute Gasteiger partial charge is 0.207 e. The SMILES string of the molecule is CC#CCNS(=O)(=O)c1ccc(Br)c(F)c1. The van der Waals surface area contributed by atoms with Gasteiger partial charge in [0.25, 0.3) is 0 Å². The highest BCUT2D eigenvalue weighted by atomic mass is 79.9. The number of halogens is 2. The maximum Gasteiger partial charge on any atom is 0.241 e. The van der Waals surface area contributed by atoms with Crippen LogP contribution in [0.2, 0.25) is 0 Å². The van der Waals surface area contributed by atoms with Crippen LogP contribution in [0.15, 0.2) is 27.6 Å². The Hall–Kier alpha value is -0.900. The Morgan fingerprint density at radius 1 is 1.50 bits per heavy atom. The van der Waals surface area contributed by atoms with Crippen molar-refractivity contribution in [2.24, 2.45) is 0 Å². The molecule has 0 aliphatic rings. The van der Waals surface area contributed by atoms with Crippen molar-refractivity contribution in [3.63, 3.8) is 0 Å². The van der Waals surface area contributed by atoms with Crippen molar-refractivity contribution < 1.29 is 12.8 Å². The highest BCUT2D eigenvalue weighted by molar-refractivity contribution is 9.10. The first-order valence-electron chi connectivity index (χ1n) is 4.31. The first kappa shape index (κ1) is 13.2. The van der Waals surface area contributed by atoms with E-state index in [0.29, 0.717) is 0 Å². The topological polar surface area (TPSA) is 46.2 Å². The second kappa shape index (κ2) is 5.43. The van der Waals surface area contributed by atoms with E-state index in [9.17, 15) is 12.8 Å². The van der Waals surface area contributed by atoms with Gasteiger partial charge in [0.2, 0.25) is 10.0 Å². The van der Waals surface area contributed by atoms with Gasteiger partial charge in [0.15, 0.2) is 0 Å². The monoisotopic (exact) mass is 305 g/mol. The summed E-state index contributed by atoms with van der Waals surface area (Å²) in [5, 5.41) is 0. The van der Waals surface area contributed by atoms with E-state index in [4.69, 9.17) is 0 Å². The van der Waals surface area contributed by atoms with Gasteiger partial charge in [-0.1, -0.05) is 5.92 Å². The van der Waals surface area contributed by atoms with Gasteiger partial charge >= 0.3 is 0 Å². The van der Waals surface area contributed by atoms with Gasteiger partial charge in [-0.2, -0.15) is 4.72 Å². The van der Waals surface area contributed by atoms with Crippen LogP contribution in [-0.2, 0) is 10.0 Å². The molecule has 0 saturated heterocycles. The van der Waals surface area contributed by atoms with Gasteiger partial charge in [-0.25, -0.2) is 12.8 Å². The molecule has 0 unspecified atom stereocenters. The molecular formula is C10H9BrFNO2S. The average molecular weight is 306 g/mol. The third-order valence-electron chi connectivity index (χ3n) is 1.73. The third-order valence-corrected chi connectivity index (χ3v) is 3.77. The standard InChI is InChI=1S/C10H9BrFNO2S/c1-2-3-6-13-16(14,15)8-4-5-9(11)10(12)7-8/h4-5,7,13H,6H2,1H3. The van der Waals surface area contributed by atoms with Crippen LogP contribution in [-0.4, -0.2) is 15.0 Å². The lowest BCUT2D eigenvalue weighted by atomic mass is 10.3. The van der Waals surface area contributed by atoms with Gasteiger partial charge in [0.05, 0.1) is 15.9 Å². The van der Waals surface area contributed by atoms with Gasteiger partial charge in [0, 0.05) is 0 Å². The molecule has 0 radical (unpaired) electrons. The minimum atomic E-state index is -3.69. The summed E-state index contributed by atoms with van der Waals surface area (Å²) < 4.78 is 38.8. The second-order valence-corrected chi connectivity index (χ2v) is 5.45. The Kier molecular flexibility index (Phi) is 4.47. The van der Waals surface area contributed by atoms with Crippen LogP contribution < -0.4 is 4.72 Å². The molecule has 0 aliphatic heterocycles. The first-order chi connectivity index (χ1) is 7.47. The van der Waals surface area contributed by atoms with Crippen molar-refractivity contribution in [3.8, 4) is 11.8 Å². The zero-order chi connectivity index (χ0) is 12.2. The lowest BCUT2D eigenvalue weighted by molar-refractivity contribution is 0.581. The summed E-state index contributed by atoms with van der Waals surface area (Å²) in [4.78, 5) is -0.119. The lowest BCUT2D eigenvalue weighted by Gasteiger charge is -2.04. The number of benzene rings is 1. The minimum Gasteiger partial charge on any atom is -0.207 e. The maximum absolute atomic E-state index is 13.1. The Balaban J connectivity index is 2.97. The molecule has 6 heteroatoms. The Morgan fingerprint density at radius 2 is 2.19 bits per heavy atom. The zero-order valence-corrected chi connectivity index (χ0v) is 10.8. The van der Waals surface area contributed by atoms with Crippen LogP contribution in [0.25, 0.3) is 0 Å². The zero-order valence-electron chi connectivity index (χ0n) is 8.42. The largest absolute Gasteiger partial charge is 0.241 e. The van der Waals surface area contributed by atoms with Crippen LogP contribution in [0, 0.1) is 17.7 Å². The molecule has 1 aromatic carbocycles. The van der Waals surface area contributed by atoms with E-state index in [0.717, 1.165) is 6.07 Å². The van der Waals surface area contributed by atoms with Crippen molar-refractivity contribution in [2.45, 2.75) is 11.8 Å². The van der Waals surface area contributed by atoms with E-state index in [2.05, 4.69) is 32.5 Å². The van der Waals surface area contributed by atoms with E-state index < -0.39 is 15.8 Å². The Morgan fingerprint density at radius 3 is 2.75 bits per heavy atom. The molecule has 0 aromatic heterocycles. The molecule has 0 fully saturated rings. The Labute approximate surface area is 102 Å². The molecular weight excluding hydrogens is 297 g/mol. The van der Waals surface area contributed by atoms with Gasteiger partial charge in [-0.15, -0.1) is 5.92 Å². The molecule has 0 atom stereocenters. The predicted octanol–water partition coefficient (Wildman–Crippen LogP) is 1.89. The lowest BCUT2D eigenvalue weighted by Crippen LogP contribution is -2.24. The van der Waals surface area contributed by atoms with Crippen molar-refractivity contribution in [3.05, 3.63) is 28.5 Å². The fraction of sp³-hybridized carbons (Fsp3) is 0.200. The highest BCUT2D eigenvalue weighted by Gasteiger charge is 2.14. The average Bonchev–Trinajstić information content (AvgIpc) is 2.22. The van der Waals surface area contributed by atoms with E-state index >= 15 is 0 Å². The number of rotatable bonds is 3. The fourth-order valence-corrected chi connectivity index (χ4v) is 2.13. The van der Waals surface area contributed by atoms with Crippen molar-refractivity contribution in [1.29, 1.82) is 0 Å². The predicted molar refractivity (Wildman–Crippen MR) is 62.7 cm³/mol. The van der Waals surface area contributed by atoms with Crippen LogP contribution in [0.4, 0.5) is 4.39 Å². The van der Waals surface area contributed by atoms with Crippen molar-refractivity contribution in [1.82, 2.24) is 4.72 Å². The quantitative estimate of drug-likeness (QED) is 0.867. The first-order valence-corrected chi connectivity index (χ1v) is 6.59. The summed E-state index contributed by atoms with van der Waals surface area (Å²) in [6, 6.07) is 3.61. The fourth-order valence-electron chi connectivity index (χ4n) is 0.947. The van der Waals surface area contributed by atoms with Crippen LogP contribution >= 0.6 is 15.9 Å². The highest BCUT2D eigenvalue weighted by Crippen LogP contribution is 2.18. The van der Waals surface area contributed by atoms with Crippen LogP contribution in [0.1, 0.15) is 6.92 Å². The van der Waals surface area contributed by atoms with Crippen molar-refractivity contribution >= 4 is 26.0 Å². The molecule has 1 N–H and O–H groups in total. The second-order valence-electron chi connectivity index (χ2n) is 2.83. The Bertz CT molecular complexity index is 546. The van der Waals surface area contributed by atoms with Gasteiger partial charge in [0.1, 0.15) is 5.82 Å². The van der Waals surface area contributed by atoms with E-state index in [1.165, 1.54) is 12.1 Å². The number of hydrogen-bond donors (Lipinski definition) is 1. The molecule has 0 saturated carbocycles. The summed E-state index contributed by atoms with van der Waals surface area (Å²) in [7, 11) is -3.69. The van der Waals surface area contributed by atoms with E-state index in [1.807, 2.05) is 0 Å². The summed E-state index contributed by atoms with van der Waals surface area (Å²) in [5.74, 6) is 4.49. The normalized spacial score (nSPS) is 10.7. The van der Waals surface area contributed by atoms with E-state index in [1.54, 1.807) is 6.92 Å². The summed E-state index contributed by atoms with van der Waals surface area (Å²) >= 11 is 2.95. The maximum atomic E-state index is 13.1. The summed E-state index contributed by atoms with van der Waals surface area (Å²) in [6.07, 6.45) is 0. The van der Waals surface area contributed by atoms with Crippen LogP contribution in [0.3, 0.4) is 0 Å². The molecule has 0 spiro atoms. The third kappa shape index (κ3) is 3.30. The van der Waals surface area contributed by atoms with Crippen molar-refractivity contribution in [2.75, 3.05) is 6.54 Å². The molecule has 16 heavy (non-hydrogen) atoms. The van der Waals surface area contributed by atoms with Gasteiger partial charge in [-0.3, -0.25) is 0 Å². The molecule has 0 aliphatic carbocycles. The number of nitrogens with one attached hydrogen (secondary N) is 1. The summed E-state index contributed by atoms with van der Waals surface area (Å²) in [6.45, 7) is 1.62. The molecule has 1 rings (SSSR count). The van der Waals surface area contributed by atoms with Gasteiger partial charge in [-0.05, 0) is 41.1 Å². The number of sulfonamides is 1. The molecule has 0 bridgehead atoms. The molecule has 1 aromatic rings. The minimum absolute atomic E-state index is 0.0104. The molecule has 86 valence electrons. The molecule has 0 amide bonds.